The second-order valence-corrected chi connectivity index (χ2v) is 7.60. The minimum atomic E-state index is 0.422. The average Bonchev–Trinajstić information content (AvgIpc) is 2.44. The van der Waals surface area contributed by atoms with Crippen molar-refractivity contribution in [2.24, 2.45) is 11.3 Å². The van der Waals surface area contributed by atoms with Crippen molar-refractivity contribution in [3.05, 3.63) is 28.8 Å². The van der Waals surface area contributed by atoms with E-state index in [-0.39, 0.29) is 0 Å². The van der Waals surface area contributed by atoms with Crippen molar-refractivity contribution in [1.29, 1.82) is 0 Å². The molecule has 1 aromatic rings. The van der Waals surface area contributed by atoms with Crippen molar-refractivity contribution >= 4 is 17.3 Å². The molecule has 0 atom stereocenters. The highest BCUT2D eigenvalue weighted by molar-refractivity contribution is 6.33. The summed E-state index contributed by atoms with van der Waals surface area (Å²) in [6.45, 7) is 13.3. The number of hydrogen-bond donors (Lipinski definition) is 1. The summed E-state index contributed by atoms with van der Waals surface area (Å²) in [5.74, 6) is 0.820. The number of benzene rings is 1. The maximum absolute atomic E-state index is 6.50. The number of piperidine rings is 1. The predicted molar refractivity (Wildman–Crippen MR) is 93.2 cm³/mol. The molecule has 3 heteroatoms. The molecule has 1 aliphatic heterocycles. The van der Waals surface area contributed by atoms with Gasteiger partial charge in [0.05, 0.1) is 10.7 Å². The van der Waals surface area contributed by atoms with E-state index in [1.807, 2.05) is 0 Å². The number of anilines is 1. The molecular weight excluding hydrogens is 280 g/mol. The molecule has 1 heterocycles. The van der Waals surface area contributed by atoms with Gasteiger partial charge in [-0.25, -0.2) is 0 Å². The van der Waals surface area contributed by atoms with E-state index < -0.39 is 0 Å². The van der Waals surface area contributed by atoms with Crippen molar-refractivity contribution < 1.29 is 0 Å². The summed E-state index contributed by atoms with van der Waals surface area (Å²) < 4.78 is 0. The fourth-order valence-electron chi connectivity index (χ4n) is 3.17. The Hall–Kier alpha value is -0.730. The zero-order valence-corrected chi connectivity index (χ0v) is 14.6. The first-order chi connectivity index (χ1) is 9.91. The van der Waals surface area contributed by atoms with Crippen LogP contribution in [0.1, 0.15) is 46.1 Å². The zero-order valence-electron chi connectivity index (χ0n) is 13.9. The Labute approximate surface area is 134 Å². The Bertz CT molecular complexity index is 457. The Kier molecular flexibility index (Phi) is 5.56. The van der Waals surface area contributed by atoms with Gasteiger partial charge in [-0.05, 0) is 48.4 Å². The fraction of sp³-hybridized carbons (Fsp3) is 0.667. The summed E-state index contributed by atoms with van der Waals surface area (Å²) in [6, 6.07) is 6.49. The molecule has 1 aliphatic rings. The van der Waals surface area contributed by atoms with Gasteiger partial charge in [0.15, 0.2) is 0 Å². The van der Waals surface area contributed by atoms with Gasteiger partial charge in [0.1, 0.15) is 0 Å². The molecule has 0 unspecified atom stereocenters. The minimum absolute atomic E-state index is 0.422. The van der Waals surface area contributed by atoms with Gasteiger partial charge in [0.2, 0.25) is 0 Å². The number of nitrogens with zero attached hydrogens (tertiary/aromatic N) is 1. The smallest absolute Gasteiger partial charge is 0.0642 e. The topological polar surface area (TPSA) is 15.3 Å². The molecule has 1 N–H and O–H groups in total. The van der Waals surface area contributed by atoms with Gasteiger partial charge >= 0.3 is 0 Å². The van der Waals surface area contributed by atoms with Crippen molar-refractivity contribution in [3.8, 4) is 0 Å². The molecule has 118 valence electrons. The Morgan fingerprint density at radius 2 is 1.90 bits per heavy atom. The number of halogens is 1. The van der Waals surface area contributed by atoms with E-state index in [2.05, 4.69) is 56.1 Å². The van der Waals surface area contributed by atoms with Crippen molar-refractivity contribution in [2.75, 3.05) is 24.5 Å². The van der Waals surface area contributed by atoms with Crippen molar-refractivity contribution in [1.82, 2.24) is 5.32 Å². The lowest BCUT2D eigenvalue weighted by Gasteiger charge is -2.40. The summed E-state index contributed by atoms with van der Waals surface area (Å²) in [5.41, 5.74) is 2.88. The van der Waals surface area contributed by atoms with Gasteiger partial charge in [0.25, 0.3) is 0 Å². The first kappa shape index (κ1) is 16.6. The molecule has 2 rings (SSSR count). The molecule has 0 aliphatic carbocycles. The maximum Gasteiger partial charge on any atom is 0.0642 e. The summed E-state index contributed by atoms with van der Waals surface area (Å²) >= 11 is 6.50. The number of rotatable bonds is 4. The molecule has 0 spiro atoms. The first-order valence-corrected chi connectivity index (χ1v) is 8.53. The van der Waals surface area contributed by atoms with E-state index in [1.165, 1.54) is 24.1 Å². The lowest BCUT2D eigenvalue weighted by molar-refractivity contribution is 0.199. The minimum Gasteiger partial charge on any atom is -0.370 e. The SMILES string of the molecule is CCNCc1ccc(N2CCC(C(C)(C)C)CC2)c(Cl)c1. The number of nitrogens with one attached hydrogen (secondary N) is 1. The van der Waals surface area contributed by atoms with E-state index in [1.54, 1.807) is 0 Å². The Morgan fingerprint density at radius 1 is 1.24 bits per heavy atom. The van der Waals surface area contributed by atoms with Crippen LogP contribution < -0.4 is 10.2 Å². The molecule has 0 saturated carbocycles. The van der Waals surface area contributed by atoms with E-state index >= 15 is 0 Å². The van der Waals surface area contributed by atoms with Crippen molar-refractivity contribution in [2.45, 2.75) is 47.1 Å². The highest BCUT2D eigenvalue weighted by Gasteiger charge is 2.29. The van der Waals surface area contributed by atoms with Gasteiger partial charge in [-0.3, -0.25) is 0 Å². The predicted octanol–water partition coefficient (Wildman–Crippen LogP) is 4.71. The molecule has 1 saturated heterocycles. The highest BCUT2D eigenvalue weighted by Crippen LogP contribution is 2.37. The molecule has 0 bridgehead atoms. The Balaban J connectivity index is 2.00. The lowest BCUT2D eigenvalue weighted by atomic mass is 9.75. The van der Waals surface area contributed by atoms with Crippen LogP contribution in [0, 0.1) is 11.3 Å². The molecule has 0 radical (unpaired) electrons. The quantitative estimate of drug-likeness (QED) is 0.866. The van der Waals surface area contributed by atoms with E-state index in [9.17, 15) is 0 Å². The van der Waals surface area contributed by atoms with Crippen LogP contribution in [0.5, 0.6) is 0 Å². The van der Waals surface area contributed by atoms with Crippen LogP contribution in [0.2, 0.25) is 5.02 Å². The monoisotopic (exact) mass is 308 g/mol. The van der Waals surface area contributed by atoms with Crippen LogP contribution in [0.25, 0.3) is 0 Å². The molecule has 21 heavy (non-hydrogen) atoms. The van der Waals surface area contributed by atoms with Crippen LogP contribution in [0.3, 0.4) is 0 Å². The lowest BCUT2D eigenvalue weighted by Crippen LogP contribution is -2.38. The van der Waals surface area contributed by atoms with Gasteiger partial charge in [-0.1, -0.05) is 45.4 Å². The second-order valence-electron chi connectivity index (χ2n) is 7.19. The largest absolute Gasteiger partial charge is 0.370 e. The zero-order chi connectivity index (χ0) is 15.5. The van der Waals surface area contributed by atoms with Gasteiger partial charge < -0.3 is 10.2 Å². The summed E-state index contributed by atoms with van der Waals surface area (Å²) in [7, 11) is 0. The fourth-order valence-corrected chi connectivity index (χ4v) is 3.50. The summed E-state index contributed by atoms with van der Waals surface area (Å²) in [6.07, 6.45) is 2.53. The average molecular weight is 309 g/mol. The third-order valence-electron chi connectivity index (χ3n) is 4.65. The summed E-state index contributed by atoms with van der Waals surface area (Å²) in [5, 5.41) is 4.23. The van der Waals surface area contributed by atoms with Crippen LogP contribution in [-0.2, 0) is 6.54 Å². The standard InChI is InChI=1S/C18H29ClN2/c1-5-20-13-14-6-7-17(16(19)12-14)21-10-8-15(9-11-21)18(2,3)4/h6-7,12,15,20H,5,8-11,13H2,1-4H3. The normalized spacial score (nSPS) is 17.3. The second kappa shape index (κ2) is 7.02. The van der Waals surface area contributed by atoms with E-state index in [0.29, 0.717) is 5.41 Å². The molecule has 1 aromatic carbocycles. The molecule has 2 nitrogen and oxygen atoms in total. The molecule has 0 aromatic heterocycles. The summed E-state index contributed by atoms with van der Waals surface area (Å²) in [4.78, 5) is 2.45. The van der Waals surface area contributed by atoms with E-state index in [0.717, 1.165) is 37.1 Å². The van der Waals surface area contributed by atoms with Gasteiger partial charge in [-0.15, -0.1) is 0 Å². The van der Waals surface area contributed by atoms with Crippen LogP contribution >= 0.6 is 11.6 Å². The van der Waals surface area contributed by atoms with Crippen LogP contribution in [0.15, 0.2) is 18.2 Å². The molecular formula is C18H29ClN2. The van der Waals surface area contributed by atoms with Crippen molar-refractivity contribution in [3.63, 3.8) is 0 Å². The van der Waals surface area contributed by atoms with Gasteiger partial charge in [0, 0.05) is 19.6 Å². The van der Waals surface area contributed by atoms with Crippen LogP contribution in [0.4, 0.5) is 5.69 Å². The highest BCUT2D eigenvalue weighted by atomic mass is 35.5. The number of hydrogen-bond acceptors (Lipinski definition) is 2. The Morgan fingerprint density at radius 3 is 2.43 bits per heavy atom. The van der Waals surface area contributed by atoms with E-state index in [4.69, 9.17) is 11.6 Å². The third-order valence-corrected chi connectivity index (χ3v) is 4.95. The maximum atomic E-state index is 6.50. The molecule has 0 amide bonds. The molecule has 1 fully saturated rings. The van der Waals surface area contributed by atoms with Crippen LogP contribution in [-0.4, -0.2) is 19.6 Å². The van der Waals surface area contributed by atoms with Gasteiger partial charge in [-0.2, -0.15) is 0 Å². The first-order valence-electron chi connectivity index (χ1n) is 8.16. The third kappa shape index (κ3) is 4.37.